The Hall–Kier alpha value is -2.77. The third-order valence-electron chi connectivity index (χ3n) is 4.23. The van der Waals surface area contributed by atoms with Crippen molar-refractivity contribution in [1.82, 2.24) is 9.55 Å². The first-order valence-corrected chi connectivity index (χ1v) is 10.2. The summed E-state index contributed by atoms with van der Waals surface area (Å²) in [5.74, 6) is -0.281. The largest absolute Gasteiger partial charge is 0.326 e. The van der Waals surface area contributed by atoms with Gasteiger partial charge in [0.15, 0.2) is 5.16 Å². The number of anilines is 2. The number of aromatic nitrogens is 2. The number of thioether (sulfide) groups is 1. The molecule has 2 N–H and O–H groups in total. The molecular formula is C21H21ClN4O2S. The smallest absolute Gasteiger partial charge is 0.237 e. The van der Waals surface area contributed by atoms with Crippen molar-refractivity contribution >= 4 is 46.6 Å². The Morgan fingerprint density at radius 1 is 1.10 bits per heavy atom. The second-order valence-corrected chi connectivity index (χ2v) is 8.19. The number of hydrogen-bond acceptors (Lipinski definition) is 4. The fourth-order valence-corrected chi connectivity index (χ4v) is 3.76. The molecule has 0 saturated carbocycles. The first-order chi connectivity index (χ1) is 13.8. The zero-order valence-corrected chi connectivity index (χ0v) is 17.8. The Bertz CT molecular complexity index is 1030. The van der Waals surface area contributed by atoms with Crippen molar-refractivity contribution in [3.63, 3.8) is 0 Å². The van der Waals surface area contributed by atoms with Crippen LogP contribution in [0.2, 0.25) is 5.02 Å². The molecule has 8 heteroatoms. The van der Waals surface area contributed by atoms with E-state index in [1.165, 1.54) is 18.7 Å². The van der Waals surface area contributed by atoms with Crippen LogP contribution in [0.15, 0.2) is 60.0 Å². The van der Waals surface area contributed by atoms with Crippen LogP contribution in [-0.4, -0.2) is 26.6 Å². The molecule has 29 heavy (non-hydrogen) atoms. The number of nitrogens with one attached hydrogen (secondary N) is 2. The van der Waals surface area contributed by atoms with Gasteiger partial charge in [-0.2, -0.15) is 0 Å². The highest BCUT2D eigenvalue weighted by Gasteiger charge is 2.19. The van der Waals surface area contributed by atoms with Crippen molar-refractivity contribution in [2.24, 2.45) is 0 Å². The number of amides is 2. The molecule has 150 valence electrons. The van der Waals surface area contributed by atoms with Gasteiger partial charge >= 0.3 is 0 Å². The molecule has 1 atom stereocenters. The lowest BCUT2D eigenvalue weighted by molar-refractivity contribution is -0.115. The SMILES string of the molecule is CC(=O)Nc1ccc(NC(=O)C(C)Sc2nccn2-c2cccc(Cl)c2C)cc1. The summed E-state index contributed by atoms with van der Waals surface area (Å²) in [5, 5.41) is 6.59. The molecule has 0 spiro atoms. The van der Waals surface area contributed by atoms with E-state index in [2.05, 4.69) is 15.6 Å². The van der Waals surface area contributed by atoms with Crippen LogP contribution in [0.4, 0.5) is 11.4 Å². The van der Waals surface area contributed by atoms with Crippen LogP contribution in [0.25, 0.3) is 5.69 Å². The lowest BCUT2D eigenvalue weighted by Gasteiger charge is -2.15. The van der Waals surface area contributed by atoms with Crippen LogP contribution in [0.5, 0.6) is 0 Å². The van der Waals surface area contributed by atoms with E-state index < -0.39 is 0 Å². The lowest BCUT2D eigenvalue weighted by Crippen LogP contribution is -2.22. The number of benzene rings is 2. The van der Waals surface area contributed by atoms with Gasteiger partial charge < -0.3 is 10.6 Å². The standard InChI is InChI=1S/C21H21ClN4O2S/c1-13-18(22)5-4-6-19(13)26-12-11-23-21(26)29-14(2)20(28)25-17-9-7-16(8-10-17)24-15(3)27/h4-12,14H,1-3H3,(H,24,27)(H,25,28). The fourth-order valence-electron chi connectivity index (χ4n) is 2.71. The van der Waals surface area contributed by atoms with E-state index >= 15 is 0 Å². The Kier molecular flexibility index (Phi) is 6.61. The lowest BCUT2D eigenvalue weighted by atomic mass is 10.2. The van der Waals surface area contributed by atoms with E-state index in [9.17, 15) is 9.59 Å². The second kappa shape index (κ2) is 9.15. The van der Waals surface area contributed by atoms with Gasteiger partial charge in [0.2, 0.25) is 11.8 Å². The van der Waals surface area contributed by atoms with E-state index in [1.54, 1.807) is 30.5 Å². The third-order valence-corrected chi connectivity index (χ3v) is 5.72. The van der Waals surface area contributed by atoms with Crippen molar-refractivity contribution in [1.29, 1.82) is 0 Å². The van der Waals surface area contributed by atoms with Crippen LogP contribution >= 0.6 is 23.4 Å². The van der Waals surface area contributed by atoms with Crippen LogP contribution in [0.1, 0.15) is 19.4 Å². The van der Waals surface area contributed by atoms with Crippen molar-refractivity contribution in [2.45, 2.75) is 31.2 Å². The van der Waals surface area contributed by atoms with Gasteiger partial charge in [0.1, 0.15) is 0 Å². The summed E-state index contributed by atoms with van der Waals surface area (Å²) in [7, 11) is 0. The number of hydrogen-bond donors (Lipinski definition) is 2. The number of nitrogens with zero attached hydrogens (tertiary/aromatic N) is 2. The highest BCUT2D eigenvalue weighted by atomic mass is 35.5. The number of rotatable bonds is 6. The molecule has 0 fully saturated rings. The van der Waals surface area contributed by atoms with Gasteiger partial charge in [-0.1, -0.05) is 29.4 Å². The number of carbonyl (C=O) groups is 2. The second-order valence-electron chi connectivity index (χ2n) is 6.47. The maximum atomic E-state index is 12.6. The molecule has 6 nitrogen and oxygen atoms in total. The number of carbonyl (C=O) groups excluding carboxylic acids is 2. The summed E-state index contributed by atoms with van der Waals surface area (Å²) in [6.45, 7) is 5.23. The first kappa shape index (κ1) is 21.0. The predicted molar refractivity (Wildman–Crippen MR) is 118 cm³/mol. The van der Waals surface area contributed by atoms with Crippen LogP contribution in [-0.2, 0) is 9.59 Å². The van der Waals surface area contributed by atoms with Gasteiger partial charge in [-0.05, 0) is 55.8 Å². The topological polar surface area (TPSA) is 76.0 Å². The highest BCUT2D eigenvalue weighted by Crippen LogP contribution is 2.29. The molecule has 1 heterocycles. The Labute approximate surface area is 178 Å². The fraction of sp³-hybridized carbons (Fsp3) is 0.190. The van der Waals surface area contributed by atoms with Gasteiger partial charge in [-0.25, -0.2) is 4.98 Å². The average molecular weight is 429 g/mol. The molecule has 0 bridgehead atoms. The van der Waals surface area contributed by atoms with Crippen LogP contribution in [0, 0.1) is 6.92 Å². The molecule has 3 rings (SSSR count). The van der Waals surface area contributed by atoms with Crippen molar-refractivity contribution < 1.29 is 9.59 Å². The minimum absolute atomic E-state index is 0.139. The van der Waals surface area contributed by atoms with Gasteiger partial charge in [0, 0.05) is 35.7 Å². The summed E-state index contributed by atoms with van der Waals surface area (Å²) >= 11 is 7.61. The van der Waals surface area contributed by atoms with Gasteiger partial charge in [-0.3, -0.25) is 14.2 Å². The average Bonchev–Trinajstić information content (AvgIpc) is 3.13. The van der Waals surface area contributed by atoms with E-state index in [1.807, 2.05) is 42.8 Å². The maximum absolute atomic E-state index is 12.6. The minimum Gasteiger partial charge on any atom is -0.326 e. The van der Waals surface area contributed by atoms with Crippen molar-refractivity contribution in [3.8, 4) is 5.69 Å². The van der Waals surface area contributed by atoms with E-state index in [0.29, 0.717) is 21.6 Å². The summed E-state index contributed by atoms with van der Waals surface area (Å²) in [5.41, 5.74) is 3.21. The Morgan fingerprint density at radius 3 is 2.41 bits per heavy atom. The maximum Gasteiger partial charge on any atom is 0.237 e. The molecule has 0 aliphatic carbocycles. The monoisotopic (exact) mass is 428 g/mol. The van der Waals surface area contributed by atoms with Gasteiger partial charge in [-0.15, -0.1) is 0 Å². The van der Waals surface area contributed by atoms with E-state index in [0.717, 1.165) is 11.3 Å². The van der Waals surface area contributed by atoms with E-state index in [-0.39, 0.29) is 17.1 Å². The Morgan fingerprint density at radius 2 is 1.76 bits per heavy atom. The summed E-state index contributed by atoms with van der Waals surface area (Å²) in [6, 6.07) is 12.7. The normalized spacial score (nSPS) is 11.7. The third kappa shape index (κ3) is 5.19. The molecule has 3 aromatic rings. The van der Waals surface area contributed by atoms with Gasteiger partial charge in [0.05, 0.1) is 10.9 Å². The quantitative estimate of drug-likeness (QED) is 0.547. The molecule has 0 aliphatic rings. The molecule has 2 aromatic carbocycles. The van der Waals surface area contributed by atoms with Gasteiger partial charge in [0.25, 0.3) is 0 Å². The molecule has 0 radical (unpaired) electrons. The van der Waals surface area contributed by atoms with Crippen molar-refractivity contribution in [3.05, 3.63) is 65.4 Å². The molecule has 0 aliphatic heterocycles. The molecule has 2 amide bonds. The van der Waals surface area contributed by atoms with E-state index in [4.69, 9.17) is 11.6 Å². The zero-order chi connectivity index (χ0) is 21.0. The molecule has 0 saturated heterocycles. The molecule has 1 aromatic heterocycles. The number of halogens is 1. The number of imidazole rings is 1. The first-order valence-electron chi connectivity index (χ1n) is 8.99. The van der Waals surface area contributed by atoms with Crippen LogP contribution < -0.4 is 10.6 Å². The zero-order valence-electron chi connectivity index (χ0n) is 16.3. The predicted octanol–water partition coefficient (Wildman–Crippen LogP) is 4.91. The highest BCUT2D eigenvalue weighted by molar-refractivity contribution is 8.00. The Balaban J connectivity index is 1.69. The van der Waals surface area contributed by atoms with Crippen LogP contribution in [0.3, 0.4) is 0 Å². The minimum atomic E-state index is -0.370. The summed E-state index contributed by atoms with van der Waals surface area (Å²) in [4.78, 5) is 28.1. The molecular weight excluding hydrogens is 408 g/mol. The van der Waals surface area contributed by atoms with Crippen molar-refractivity contribution in [2.75, 3.05) is 10.6 Å². The summed E-state index contributed by atoms with van der Waals surface area (Å²) in [6.07, 6.45) is 3.56. The molecule has 1 unspecified atom stereocenters. The summed E-state index contributed by atoms with van der Waals surface area (Å²) < 4.78 is 1.93.